The molecule has 3 N–H and O–H groups in total. The summed E-state index contributed by atoms with van der Waals surface area (Å²) in [4.78, 5) is 0. The molecule has 29 heavy (non-hydrogen) atoms. The maximum absolute atomic E-state index is 13.9. The molecule has 8 heteroatoms. The molecule has 0 aliphatic carbocycles. The van der Waals surface area contributed by atoms with Crippen molar-refractivity contribution in [2.45, 2.75) is 37.5 Å². The molecule has 0 amide bonds. The van der Waals surface area contributed by atoms with Crippen LogP contribution in [0.2, 0.25) is 0 Å². The van der Waals surface area contributed by atoms with Crippen LogP contribution in [0.1, 0.15) is 29.9 Å². The predicted octanol–water partition coefficient (Wildman–Crippen LogP) is 4.53. The third kappa shape index (κ3) is 3.76. The smallest absolute Gasteiger partial charge is 0.418 e. The second-order valence-electron chi connectivity index (χ2n) is 7.60. The molecule has 2 unspecified atom stereocenters. The minimum Gasteiger partial charge on any atom is -0.493 e. The second kappa shape index (κ2) is 7.26. The zero-order chi connectivity index (χ0) is 20.6. The molecular weight excluding hydrogens is 383 g/mol. The first kappa shape index (κ1) is 19.6. The molecule has 2 heterocycles. The van der Waals surface area contributed by atoms with E-state index in [0.29, 0.717) is 40.9 Å². The van der Waals surface area contributed by atoms with Gasteiger partial charge in [-0.15, -0.1) is 0 Å². The van der Waals surface area contributed by atoms with Crippen molar-refractivity contribution in [1.29, 1.82) is 0 Å². The van der Waals surface area contributed by atoms with Crippen LogP contribution in [0, 0.1) is 6.92 Å². The number of rotatable bonds is 5. The summed E-state index contributed by atoms with van der Waals surface area (Å²) in [5.74, 6) is 0.152. The van der Waals surface area contributed by atoms with Crippen molar-refractivity contribution in [3.8, 4) is 5.75 Å². The maximum Gasteiger partial charge on any atom is 0.418 e. The van der Waals surface area contributed by atoms with Gasteiger partial charge in [0.05, 0.1) is 24.9 Å². The first-order chi connectivity index (χ1) is 13.8. The number of aromatic amines is 1. The van der Waals surface area contributed by atoms with Gasteiger partial charge in [-0.2, -0.15) is 18.3 Å². The molecule has 0 fully saturated rings. The highest BCUT2D eigenvalue weighted by Gasteiger charge is 2.54. The molecular formula is C21H22F3N3O2. The van der Waals surface area contributed by atoms with E-state index in [4.69, 9.17) is 4.74 Å². The third-order valence-electron chi connectivity index (χ3n) is 5.50. The van der Waals surface area contributed by atoms with E-state index in [1.54, 1.807) is 30.5 Å². The quantitative estimate of drug-likeness (QED) is 0.583. The van der Waals surface area contributed by atoms with E-state index in [-0.39, 0.29) is 0 Å². The molecule has 0 spiro atoms. The lowest BCUT2D eigenvalue weighted by molar-refractivity contribution is -0.258. The number of aromatic nitrogens is 2. The van der Waals surface area contributed by atoms with Crippen molar-refractivity contribution in [2.24, 2.45) is 0 Å². The molecule has 1 aromatic heterocycles. The number of halogens is 3. The van der Waals surface area contributed by atoms with E-state index < -0.39 is 30.7 Å². The standard InChI is InChI=1S/C21H22F3N3O2/c1-13-5-6-15-14(7-8-29-19(15)9-13)10-20(28,21(22,23)24)12-25-17-3-2-4-18-16(17)11-26-27-18/h2-6,9,11,14,25,28H,7-8,10,12H2,1H3,(H,26,27). The number of nitrogens with zero attached hydrogens (tertiary/aromatic N) is 1. The van der Waals surface area contributed by atoms with Gasteiger partial charge >= 0.3 is 6.18 Å². The van der Waals surface area contributed by atoms with Gasteiger partial charge < -0.3 is 15.2 Å². The van der Waals surface area contributed by atoms with Crippen molar-refractivity contribution in [3.05, 3.63) is 53.7 Å². The van der Waals surface area contributed by atoms with Crippen LogP contribution in [0.25, 0.3) is 10.9 Å². The van der Waals surface area contributed by atoms with E-state index in [2.05, 4.69) is 15.5 Å². The number of nitrogens with one attached hydrogen (secondary N) is 2. The number of fused-ring (bicyclic) bond motifs is 2. The Hall–Kier alpha value is -2.74. The van der Waals surface area contributed by atoms with Gasteiger partial charge in [0.15, 0.2) is 5.60 Å². The van der Waals surface area contributed by atoms with Crippen LogP contribution < -0.4 is 10.1 Å². The highest BCUT2D eigenvalue weighted by molar-refractivity contribution is 5.90. The van der Waals surface area contributed by atoms with Gasteiger partial charge in [0.2, 0.25) is 0 Å². The Kier molecular flexibility index (Phi) is 4.90. The Morgan fingerprint density at radius 1 is 1.28 bits per heavy atom. The molecule has 0 saturated carbocycles. The van der Waals surface area contributed by atoms with Gasteiger partial charge in [-0.1, -0.05) is 18.2 Å². The van der Waals surface area contributed by atoms with Gasteiger partial charge in [0, 0.05) is 11.1 Å². The lowest BCUT2D eigenvalue weighted by atomic mass is 9.81. The first-order valence-electron chi connectivity index (χ1n) is 9.45. The summed E-state index contributed by atoms with van der Waals surface area (Å²) in [6, 6.07) is 10.6. The van der Waals surface area contributed by atoms with E-state index in [1.165, 1.54) is 0 Å². The number of aryl methyl sites for hydroxylation is 1. The minimum absolute atomic E-state index is 0.330. The number of hydrogen-bond donors (Lipinski definition) is 3. The molecule has 5 nitrogen and oxygen atoms in total. The van der Waals surface area contributed by atoms with Crippen LogP contribution in [0.4, 0.5) is 18.9 Å². The second-order valence-corrected chi connectivity index (χ2v) is 7.60. The molecule has 2 atom stereocenters. The van der Waals surface area contributed by atoms with E-state index in [0.717, 1.165) is 5.56 Å². The van der Waals surface area contributed by atoms with E-state index in [1.807, 2.05) is 19.1 Å². The summed E-state index contributed by atoms with van der Waals surface area (Å²) in [6.07, 6.45) is -3.26. The van der Waals surface area contributed by atoms with Crippen molar-refractivity contribution in [3.63, 3.8) is 0 Å². The molecule has 1 aliphatic heterocycles. The number of benzene rings is 2. The zero-order valence-electron chi connectivity index (χ0n) is 15.9. The van der Waals surface area contributed by atoms with Gasteiger partial charge in [0.25, 0.3) is 0 Å². The van der Waals surface area contributed by atoms with Crippen LogP contribution in [-0.2, 0) is 0 Å². The summed E-state index contributed by atoms with van der Waals surface area (Å²) in [6.45, 7) is 1.58. The predicted molar refractivity (Wildman–Crippen MR) is 104 cm³/mol. The van der Waals surface area contributed by atoms with Crippen LogP contribution >= 0.6 is 0 Å². The Balaban J connectivity index is 1.59. The average Bonchev–Trinajstić information content (AvgIpc) is 3.15. The number of aliphatic hydroxyl groups is 1. The topological polar surface area (TPSA) is 70.2 Å². The molecule has 154 valence electrons. The van der Waals surface area contributed by atoms with E-state index >= 15 is 0 Å². The van der Waals surface area contributed by atoms with Crippen molar-refractivity contribution in [1.82, 2.24) is 10.2 Å². The average molecular weight is 405 g/mol. The van der Waals surface area contributed by atoms with E-state index in [9.17, 15) is 18.3 Å². The van der Waals surface area contributed by atoms with Gasteiger partial charge in [-0.25, -0.2) is 0 Å². The Morgan fingerprint density at radius 2 is 2.10 bits per heavy atom. The van der Waals surface area contributed by atoms with Crippen LogP contribution in [0.5, 0.6) is 5.75 Å². The number of ether oxygens (including phenoxy) is 1. The molecule has 0 saturated heterocycles. The maximum atomic E-state index is 13.9. The summed E-state index contributed by atoms with van der Waals surface area (Å²) >= 11 is 0. The monoisotopic (exact) mass is 405 g/mol. The largest absolute Gasteiger partial charge is 0.493 e. The fourth-order valence-electron chi connectivity index (χ4n) is 3.84. The summed E-state index contributed by atoms with van der Waals surface area (Å²) < 4.78 is 47.4. The molecule has 2 aromatic carbocycles. The Labute approximate surface area is 165 Å². The highest BCUT2D eigenvalue weighted by atomic mass is 19.4. The van der Waals surface area contributed by atoms with Crippen LogP contribution in [-0.4, -0.2) is 40.2 Å². The number of H-pyrrole nitrogens is 1. The summed E-state index contributed by atoms with van der Waals surface area (Å²) in [5, 5.41) is 20.9. The highest BCUT2D eigenvalue weighted by Crippen LogP contribution is 2.44. The van der Waals surface area contributed by atoms with Crippen molar-refractivity contribution in [2.75, 3.05) is 18.5 Å². The zero-order valence-corrected chi connectivity index (χ0v) is 15.9. The Bertz CT molecular complexity index is 1020. The fourth-order valence-corrected chi connectivity index (χ4v) is 3.84. The fraction of sp³-hybridized carbons (Fsp3) is 0.381. The van der Waals surface area contributed by atoms with Crippen molar-refractivity contribution >= 4 is 16.6 Å². The number of hydrogen-bond acceptors (Lipinski definition) is 4. The Morgan fingerprint density at radius 3 is 2.90 bits per heavy atom. The van der Waals surface area contributed by atoms with Gasteiger partial charge in [-0.3, -0.25) is 5.10 Å². The number of alkyl halides is 3. The van der Waals surface area contributed by atoms with Crippen molar-refractivity contribution < 1.29 is 23.0 Å². The molecule has 4 rings (SSSR count). The molecule has 0 radical (unpaired) electrons. The normalized spacial score (nSPS) is 18.7. The first-order valence-corrected chi connectivity index (χ1v) is 9.45. The molecule has 1 aliphatic rings. The van der Waals surface area contributed by atoms with Gasteiger partial charge in [0.1, 0.15) is 5.75 Å². The van der Waals surface area contributed by atoms with Crippen LogP contribution in [0.3, 0.4) is 0 Å². The summed E-state index contributed by atoms with van der Waals surface area (Å²) in [5.41, 5.74) is -0.00342. The molecule has 3 aromatic rings. The third-order valence-corrected chi connectivity index (χ3v) is 5.50. The lowest BCUT2D eigenvalue weighted by Gasteiger charge is -2.36. The number of anilines is 1. The summed E-state index contributed by atoms with van der Waals surface area (Å²) in [7, 11) is 0. The van der Waals surface area contributed by atoms with Crippen LogP contribution in [0.15, 0.2) is 42.6 Å². The lowest BCUT2D eigenvalue weighted by Crippen LogP contribution is -2.51. The minimum atomic E-state index is -4.78. The molecule has 0 bridgehead atoms. The SMILES string of the molecule is Cc1ccc2c(c1)OCCC2CC(O)(CNc1cccc2[nH]ncc12)C(F)(F)F. The van der Waals surface area contributed by atoms with Gasteiger partial charge in [-0.05, 0) is 55.0 Å².